The van der Waals surface area contributed by atoms with Gasteiger partial charge in [0.05, 0.1) is 11.4 Å². The second kappa shape index (κ2) is 8.47. The number of H-pyrrole nitrogens is 1. The summed E-state index contributed by atoms with van der Waals surface area (Å²) >= 11 is 6.33. The van der Waals surface area contributed by atoms with Gasteiger partial charge in [0.15, 0.2) is 0 Å². The first-order valence-corrected chi connectivity index (χ1v) is 10.5. The molecule has 4 rings (SSSR count). The summed E-state index contributed by atoms with van der Waals surface area (Å²) < 4.78 is 1.52. The molecule has 0 saturated carbocycles. The molecule has 2 heterocycles. The molecule has 1 fully saturated rings. The van der Waals surface area contributed by atoms with Gasteiger partial charge in [-0.05, 0) is 43.2 Å². The Bertz CT molecular complexity index is 1030. The molecule has 1 aliphatic rings. The lowest BCUT2D eigenvalue weighted by atomic mass is 10.1. The Hall–Kier alpha value is -2.50. The number of rotatable bonds is 5. The predicted molar refractivity (Wildman–Crippen MR) is 120 cm³/mol. The molecule has 0 spiro atoms. The Labute approximate surface area is 176 Å². The van der Waals surface area contributed by atoms with E-state index in [1.807, 2.05) is 30.3 Å². The van der Waals surface area contributed by atoms with E-state index in [0.717, 1.165) is 50.5 Å². The van der Waals surface area contributed by atoms with Gasteiger partial charge in [-0.1, -0.05) is 41.9 Å². The normalized spacial score (nSPS) is 15.1. The van der Waals surface area contributed by atoms with Gasteiger partial charge in [-0.2, -0.15) is 0 Å². The van der Waals surface area contributed by atoms with Crippen LogP contribution in [0.15, 0.2) is 53.3 Å². The van der Waals surface area contributed by atoms with Crippen LogP contribution in [-0.2, 0) is 6.42 Å². The minimum Gasteiger partial charge on any atom is -0.369 e. The van der Waals surface area contributed by atoms with E-state index in [1.165, 1.54) is 21.5 Å². The average Bonchev–Trinajstić information content (AvgIpc) is 3.03. The van der Waals surface area contributed by atoms with Crippen LogP contribution in [0.2, 0.25) is 5.02 Å². The van der Waals surface area contributed by atoms with Crippen molar-refractivity contribution in [2.75, 3.05) is 37.6 Å². The SMILES string of the molecule is Cc1ccc(C)c(N2CCN(CCc3[nH]n(-c4ccccc4)c(=O)c3Cl)CC2)c1. The molecule has 1 aliphatic heterocycles. The predicted octanol–water partition coefficient (Wildman–Crippen LogP) is 3.80. The highest BCUT2D eigenvalue weighted by molar-refractivity contribution is 6.31. The number of nitrogens with one attached hydrogen (secondary N) is 1. The molecule has 5 nitrogen and oxygen atoms in total. The van der Waals surface area contributed by atoms with Gasteiger partial charge in [0.25, 0.3) is 5.56 Å². The number of benzene rings is 2. The molecule has 1 aromatic heterocycles. The van der Waals surface area contributed by atoms with E-state index >= 15 is 0 Å². The first-order chi connectivity index (χ1) is 14.0. The zero-order chi connectivity index (χ0) is 20.4. The van der Waals surface area contributed by atoms with E-state index in [4.69, 9.17) is 11.6 Å². The molecule has 0 atom stereocenters. The first-order valence-electron chi connectivity index (χ1n) is 10.1. The first kappa shape index (κ1) is 19.8. The van der Waals surface area contributed by atoms with Crippen molar-refractivity contribution < 1.29 is 0 Å². The van der Waals surface area contributed by atoms with Crippen LogP contribution in [0.3, 0.4) is 0 Å². The van der Waals surface area contributed by atoms with Crippen LogP contribution >= 0.6 is 11.6 Å². The topological polar surface area (TPSA) is 44.3 Å². The molecule has 0 bridgehead atoms. The number of piperazine rings is 1. The summed E-state index contributed by atoms with van der Waals surface area (Å²) in [6.45, 7) is 9.25. The molecule has 29 heavy (non-hydrogen) atoms. The fourth-order valence-electron chi connectivity index (χ4n) is 3.93. The number of nitrogens with zero attached hydrogens (tertiary/aromatic N) is 3. The van der Waals surface area contributed by atoms with Gasteiger partial charge in [0.1, 0.15) is 5.02 Å². The van der Waals surface area contributed by atoms with Crippen molar-refractivity contribution in [2.24, 2.45) is 0 Å². The lowest BCUT2D eigenvalue weighted by molar-refractivity contribution is 0.260. The number of aryl methyl sites for hydroxylation is 2. The highest BCUT2D eigenvalue weighted by Gasteiger charge is 2.20. The van der Waals surface area contributed by atoms with Gasteiger partial charge in [-0.15, -0.1) is 0 Å². The lowest BCUT2D eigenvalue weighted by Crippen LogP contribution is -2.47. The van der Waals surface area contributed by atoms with E-state index < -0.39 is 0 Å². The molecular formula is C23H27ClN4O. The van der Waals surface area contributed by atoms with Crippen molar-refractivity contribution >= 4 is 17.3 Å². The monoisotopic (exact) mass is 410 g/mol. The van der Waals surface area contributed by atoms with Crippen LogP contribution in [-0.4, -0.2) is 47.4 Å². The van der Waals surface area contributed by atoms with Gasteiger partial charge in [-0.25, -0.2) is 4.68 Å². The number of halogens is 1. The van der Waals surface area contributed by atoms with E-state index in [1.54, 1.807) is 0 Å². The number of hydrogen-bond acceptors (Lipinski definition) is 3. The van der Waals surface area contributed by atoms with Gasteiger partial charge in [0.2, 0.25) is 0 Å². The molecule has 2 aromatic carbocycles. The van der Waals surface area contributed by atoms with Crippen LogP contribution in [0.25, 0.3) is 5.69 Å². The van der Waals surface area contributed by atoms with Crippen molar-refractivity contribution in [3.05, 3.63) is 80.7 Å². The van der Waals surface area contributed by atoms with E-state index in [0.29, 0.717) is 5.02 Å². The number of aromatic nitrogens is 2. The minimum atomic E-state index is -0.187. The number of para-hydroxylation sites is 1. The van der Waals surface area contributed by atoms with Crippen molar-refractivity contribution in [1.29, 1.82) is 0 Å². The Morgan fingerprint density at radius 1 is 1.00 bits per heavy atom. The zero-order valence-electron chi connectivity index (χ0n) is 17.0. The second-order valence-electron chi connectivity index (χ2n) is 7.75. The molecule has 6 heteroatoms. The Morgan fingerprint density at radius 2 is 1.72 bits per heavy atom. The van der Waals surface area contributed by atoms with Crippen molar-refractivity contribution in [2.45, 2.75) is 20.3 Å². The molecule has 1 N–H and O–H groups in total. The smallest absolute Gasteiger partial charge is 0.290 e. The summed E-state index contributed by atoms with van der Waals surface area (Å²) in [5.41, 5.74) is 5.39. The fourth-order valence-corrected chi connectivity index (χ4v) is 4.15. The Kier molecular flexibility index (Phi) is 5.79. The molecule has 0 radical (unpaired) electrons. The Balaban J connectivity index is 1.38. The number of anilines is 1. The third-order valence-corrected chi connectivity index (χ3v) is 6.06. The highest BCUT2D eigenvalue weighted by Crippen LogP contribution is 2.23. The van der Waals surface area contributed by atoms with Crippen molar-refractivity contribution in [3.8, 4) is 5.69 Å². The summed E-state index contributed by atoms with van der Waals surface area (Å²) in [5.74, 6) is 0. The highest BCUT2D eigenvalue weighted by atomic mass is 35.5. The zero-order valence-corrected chi connectivity index (χ0v) is 17.7. The summed E-state index contributed by atoms with van der Waals surface area (Å²) in [5, 5.41) is 3.48. The summed E-state index contributed by atoms with van der Waals surface area (Å²) in [6.07, 6.45) is 0.734. The van der Waals surface area contributed by atoms with Crippen LogP contribution in [0.5, 0.6) is 0 Å². The second-order valence-corrected chi connectivity index (χ2v) is 8.13. The third-order valence-electron chi connectivity index (χ3n) is 5.67. The van der Waals surface area contributed by atoms with Crippen LogP contribution in [0, 0.1) is 13.8 Å². The largest absolute Gasteiger partial charge is 0.369 e. The van der Waals surface area contributed by atoms with E-state index in [-0.39, 0.29) is 5.56 Å². The van der Waals surface area contributed by atoms with E-state index in [2.05, 4.69) is 46.9 Å². The van der Waals surface area contributed by atoms with Crippen LogP contribution in [0.1, 0.15) is 16.8 Å². The van der Waals surface area contributed by atoms with Crippen molar-refractivity contribution in [3.63, 3.8) is 0 Å². The fraction of sp³-hybridized carbons (Fsp3) is 0.348. The van der Waals surface area contributed by atoms with Crippen molar-refractivity contribution in [1.82, 2.24) is 14.7 Å². The Morgan fingerprint density at radius 3 is 2.45 bits per heavy atom. The van der Waals surface area contributed by atoms with Crippen LogP contribution in [0.4, 0.5) is 5.69 Å². The standard InChI is InChI=1S/C23H27ClN4O/c1-17-8-9-18(2)21(16-17)27-14-12-26(13-15-27)11-10-20-22(24)23(29)28(25-20)19-6-4-3-5-7-19/h3-9,16,25H,10-15H2,1-2H3. The molecule has 152 valence electrons. The summed E-state index contributed by atoms with van der Waals surface area (Å²) in [7, 11) is 0. The lowest BCUT2D eigenvalue weighted by Gasteiger charge is -2.37. The molecule has 0 aliphatic carbocycles. The maximum Gasteiger partial charge on any atom is 0.290 e. The van der Waals surface area contributed by atoms with Crippen LogP contribution < -0.4 is 10.5 Å². The third kappa shape index (κ3) is 4.26. The maximum absolute atomic E-state index is 12.5. The molecule has 1 saturated heterocycles. The number of aromatic amines is 1. The van der Waals surface area contributed by atoms with Gasteiger partial charge >= 0.3 is 0 Å². The minimum absolute atomic E-state index is 0.187. The molecule has 0 amide bonds. The van der Waals surface area contributed by atoms with E-state index in [9.17, 15) is 4.79 Å². The molecular weight excluding hydrogens is 384 g/mol. The molecule has 3 aromatic rings. The summed E-state index contributed by atoms with van der Waals surface area (Å²) in [4.78, 5) is 17.4. The maximum atomic E-state index is 12.5. The van der Waals surface area contributed by atoms with Gasteiger partial charge < -0.3 is 4.90 Å². The molecule has 0 unspecified atom stereocenters. The van der Waals surface area contributed by atoms with Gasteiger partial charge in [0, 0.05) is 44.8 Å². The average molecular weight is 411 g/mol. The number of hydrogen-bond donors (Lipinski definition) is 1. The van der Waals surface area contributed by atoms with Gasteiger partial charge in [-0.3, -0.25) is 14.8 Å². The summed E-state index contributed by atoms with van der Waals surface area (Å²) in [6, 6.07) is 16.2. The quantitative estimate of drug-likeness (QED) is 0.695.